The van der Waals surface area contributed by atoms with Crippen LogP contribution in [0.5, 0.6) is 0 Å². The van der Waals surface area contributed by atoms with E-state index in [9.17, 15) is 0 Å². The summed E-state index contributed by atoms with van der Waals surface area (Å²) in [4.78, 5) is 6.54. The maximum Gasteiger partial charge on any atom is 0.191 e. The number of hydrogen-bond donors (Lipinski definition) is 2. The maximum absolute atomic E-state index is 4.25. The number of likely N-dealkylation sites (N-methyl/N-ethyl adjacent to an activating group) is 1. The van der Waals surface area contributed by atoms with Crippen LogP contribution in [0.25, 0.3) is 0 Å². The van der Waals surface area contributed by atoms with Gasteiger partial charge in [0.15, 0.2) is 5.96 Å². The minimum absolute atomic E-state index is 0.492. The molecular weight excluding hydrogens is 224 g/mol. The van der Waals surface area contributed by atoms with Crippen LogP contribution in [0.3, 0.4) is 0 Å². The normalized spacial score (nSPS) is 13.8. The van der Waals surface area contributed by atoms with Crippen molar-refractivity contribution in [3.05, 3.63) is 0 Å². The van der Waals surface area contributed by atoms with Crippen LogP contribution in [0.2, 0.25) is 0 Å². The second-order valence-electron chi connectivity index (χ2n) is 4.94. The third-order valence-corrected chi connectivity index (χ3v) is 3.17. The van der Waals surface area contributed by atoms with Crippen LogP contribution in [0.15, 0.2) is 4.99 Å². The summed E-state index contributed by atoms with van der Waals surface area (Å²) in [5, 5.41) is 6.79. The lowest BCUT2D eigenvalue weighted by molar-refractivity contribution is 0.356. The number of nitrogens with one attached hydrogen (secondary N) is 2. The van der Waals surface area contributed by atoms with Crippen LogP contribution in [-0.4, -0.2) is 50.6 Å². The highest BCUT2D eigenvalue weighted by molar-refractivity contribution is 5.79. The first-order chi connectivity index (χ1) is 8.63. The van der Waals surface area contributed by atoms with Crippen molar-refractivity contribution in [1.82, 2.24) is 15.5 Å². The van der Waals surface area contributed by atoms with Gasteiger partial charge in [-0.1, -0.05) is 33.1 Å². The molecule has 0 aromatic rings. The minimum atomic E-state index is 0.492. The van der Waals surface area contributed by atoms with Crippen LogP contribution in [0.1, 0.15) is 46.5 Å². The number of guanidine groups is 1. The molecule has 0 spiro atoms. The summed E-state index contributed by atoms with van der Waals surface area (Å²) >= 11 is 0. The van der Waals surface area contributed by atoms with Crippen LogP contribution >= 0.6 is 0 Å². The SMILES string of the molecule is CCCCCC(C)NC(=NC)NCCN(C)CC. The van der Waals surface area contributed by atoms with E-state index >= 15 is 0 Å². The predicted molar refractivity (Wildman–Crippen MR) is 81.3 cm³/mol. The Kier molecular flexibility index (Phi) is 10.8. The molecule has 0 bridgehead atoms. The topological polar surface area (TPSA) is 39.7 Å². The lowest BCUT2D eigenvalue weighted by Crippen LogP contribution is -2.44. The molecule has 2 N–H and O–H groups in total. The molecule has 1 atom stereocenters. The van der Waals surface area contributed by atoms with Gasteiger partial charge in [-0.15, -0.1) is 0 Å². The first kappa shape index (κ1) is 17.2. The fourth-order valence-corrected chi connectivity index (χ4v) is 1.72. The van der Waals surface area contributed by atoms with E-state index in [1.807, 2.05) is 7.05 Å². The Labute approximate surface area is 113 Å². The van der Waals surface area contributed by atoms with Gasteiger partial charge in [0.2, 0.25) is 0 Å². The van der Waals surface area contributed by atoms with Gasteiger partial charge in [-0.25, -0.2) is 0 Å². The second kappa shape index (κ2) is 11.3. The van der Waals surface area contributed by atoms with Crippen molar-refractivity contribution in [2.75, 3.05) is 33.7 Å². The van der Waals surface area contributed by atoms with Crippen LogP contribution in [-0.2, 0) is 0 Å². The Hall–Kier alpha value is -0.770. The Morgan fingerprint density at radius 2 is 2.00 bits per heavy atom. The zero-order valence-electron chi connectivity index (χ0n) is 12.9. The number of nitrogens with zero attached hydrogens (tertiary/aromatic N) is 2. The highest BCUT2D eigenvalue weighted by Gasteiger charge is 2.04. The van der Waals surface area contributed by atoms with E-state index in [-0.39, 0.29) is 0 Å². The van der Waals surface area contributed by atoms with Gasteiger partial charge in [-0.3, -0.25) is 4.99 Å². The van der Waals surface area contributed by atoms with Gasteiger partial charge in [0.1, 0.15) is 0 Å². The Bertz CT molecular complexity index is 216. The fourth-order valence-electron chi connectivity index (χ4n) is 1.72. The second-order valence-corrected chi connectivity index (χ2v) is 4.94. The highest BCUT2D eigenvalue weighted by atomic mass is 15.2. The van der Waals surface area contributed by atoms with Crippen molar-refractivity contribution in [3.63, 3.8) is 0 Å². The summed E-state index contributed by atoms with van der Waals surface area (Å²) in [6.07, 6.45) is 5.10. The van der Waals surface area contributed by atoms with Crippen molar-refractivity contribution in [2.45, 2.75) is 52.5 Å². The Balaban J connectivity index is 3.76. The molecule has 108 valence electrons. The summed E-state index contributed by atoms with van der Waals surface area (Å²) in [7, 11) is 3.96. The number of aliphatic imine (C=N–C) groups is 1. The van der Waals surface area contributed by atoms with Crippen molar-refractivity contribution in [2.24, 2.45) is 4.99 Å². The summed E-state index contributed by atoms with van der Waals surface area (Å²) in [6, 6.07) is 0.492. The molecule has 0 saturated heterocycles. The third-order valence-electron chi connectivity index (χ3n) is 3.17. The zero-order valence-corrected chi connectivity index (χ0v) is 12.9. The molecule has 1 unspecified atom stereocenters. The number of rotatable bonds is 9. The van der Waals surface area contributed by atoms with Crippen molar-refractivity contribution < 1.29 is 0 Å². The van der Waals surface area contributed by atoms with E-state index < -0.39 is 0 Å². The molecule has 0 radical (unpaired) electrons. The molecule has 0 heterocycles. The first-order valence-electron chi connectivity index (χ1n) is 7.29. The average molecular weight is 256 g/mol. The summed E-state index contributed by atoms with van der Waals surface area (Å²) in [5.74, 6) is 0.920. The Morgan fingerprint density at radius 3 is 2.56 bits per heavy atom. The van der Waals surface area contributed by atoms with Gasteiger partial charge in [0.05, 0.1) is 0 Å². The van der Waals surface area contributed by atoms with E-state index in [1.165, 1.54) is 25.7 Å². The molecule has 0 fully saturated rings. The van der Waals surface area contributed by atoms with E-state index in [0.717, 1.165) is 25.6 Å². The van der Waals surface area contributed by atoms with Crippen LogP contribution in [0.4, 0.5) is 0 Å². The molecule has 0 aliphatic heterocycles. The van der Waals surface area contributed by atoms with Crippen molar-refractivity contribution >= 4 is 5.96 Å². The molecule has 0 amide bonds. The van der Waals surface area contributed by atoms with E-state index in [1.54, 1.807) is 0 Å². The number of unbranched alkanes of at least 4 members (excludes halogenated alkanes) is 2. The lowest BCUT2D eigenvalue weighted by atomic mass is 10.1. The van der Waals surface area contributed by atoms with Gasteiger partial charge in [0.25, 0.3) is 0 Å². The van der Waals surface area contributed by atoms with Gasteiger partial charge in [-0.05, 0) is 26.9 Å². The molecule has 4 nitrogen and oxygen atoms in total. The summed E-state index contributed by atoms with van der Waals surface area (Å²) in [5.41, 5.74) is 0. The van der Waals surface area contributed by atoms with Crippen LogP contribution in [0, 0.1) is 0 Å². The summed E-state index contributed by atoms with van der Waals surface area (Å²) < 4.78 is 0. The monoisotopic (exact) mass is 256 g/mol. The number of hydrogen-bond acceptors (Lipinski definition) is 2. The minimum Gasteiger partial charge on any atom is -0.355 e. The van der Waals surface area contributed by atoms with E-state index in [4.69, 9.17) is 0 Å². The largest absolute Gasteiger partial charge is 0.355 e. The smallest absolute Gasteiger partial charge is 0.191 e. The van der Waals surface area contributed by atoms with E-state index in [2.05, 4.69) is 48.3 Å². The van der Waals surface area contributed by atoms with Crippen molar-refractivity contribution in [3.8, 4) is 0 Å². The zero-order chi connectivity index (χ0) is 13.8. The van der Waals surface area contributed by atoms with Gasteiger partial charge >= 0.3 is 0 Å². The van der Waals surface area contributed by atoms with Crippen LogP contribution < -0.4 is 10.6 Å². The van der Waals surface area contributed by atoms with Gasteiger partial charge in [-0.2, -0.15) is 0 Å². The predicted octanol–water partition coefficient (Wildman–Crippen LogP) is 2.07. The molecule has 0 rings (SSSR count). The first-order valence-corrected chi connectivity index (χ1v) is 7.29. The van der Waals surface area contributed by atoms with Gasteiger partial charge < -0.3 is 15.5 Å². The molecule has 0 aromatic heterocycles. The molecule has 0 aromatic carbocycles. The van der Waals surface area contributed by atoms with E-state index in [0.29, 0.717) is 6.04 Å². The Morgan fingerprint density at radius 1 is 1.28 bits per heavy atom. The average Bonchev–Trinajstić information content (AvgIpc) is 2.37. The third kappa shape index (κ3) is 9.28. The molecular formula is C14H32N4. The quantitative estimate of drug-likeness (QED) is 0.377. The molecule has 4 heteroatoms. The molecule has 18 heavy (non-hydrogen) atoms. The standard InChI is InChI=1S/C14H32N4/c1-6-8-9-10-13(3)17-14(15-4)16-11-12-18(5)7-2/h13H,6-12H2,1-5H3,(H2,15,16,17). The fraction of sp³-hybridized carbons (Fsp3) is 0.929. The summed E-state index contributed by atoms with van der Waals surface area (Å²) in [6.45, 7) is 9.70. The molecule has 0 aliphatic rings. The highest BCUT2D eigenvalue weighted by Crippen LogP contribution is 2.02. The van der Waals surface area contributed by atoms with Gasteiger partial charge in [0, 0.05) is 26.2 Å². The molecule has 0 saturated carbocycles. The van der Waals surface area contributed by atoms with Crippen molar-refractivity contribution in [1.29, 1.82) is 0 Å². The lowest BCUT2D eigenvalue weighted by Gasteiger charge is -2.19. The maximum atomic E-state index is 4.25. The molecule has 0 aliphatic carbocycles.